The summed E-state index contributed by atoms with van der Waals surface area (Å²) in [6.45, 7) is 0.898. The summed E-state index contributed by atoms with van der Waals surface area (Å²) in [5.41, 5.74) is -0.698. The van der Waals surface area contributed by atoms with Gasteiger partial charge in [-0.25, -0.2) is 0 Å². The molecule has 0 aliphatic rings. The van der Waals surface area contributed by atoms with Gasteiger partial charge in [0.25, 0.3) is 31.8 Å². The third kappa shape index (κ3) is 6.25. The fraction of sp³-hybridized carbons (Fsp3) is 0.0588. The van der Waals surface area contributed by atoms with Gasteiger partial charge >= 0.3 is 0 Å². The normalized spacial score (nSPS) is 12.0. The summed E-state index contributed by atoms with van der Waals surface area (Å²) in [6.07, 6.45) is 0.251. The van der Waals surface area contributed by atoms with Gasteiger partial charge in [0.15, 0.2) is 17.8 Å². The number of ketones is 1. The van der Waals surface area contributed by atoms with Gasteiger partial charge in [0.05, 0.1) is 21.2 Å². The van der Waals surface area contributed by atoms with Crippen molar-refractivity contribution in [2.24, 2.45) is 5.10 Å². The summed E-state index contributed by atoms with van der Waals surface area (Å²) >= 11 is 0. The quantitative estimate of drug-likeness (QED) is 0.0911. The number of aldehydes is 1. The first-order valence-corrected chi connectivity index (χ1v) is 11.5. The number of hydrogen-bond acceptors (Lipinski definition) is 11. The Labute approximate surface area is 191 Å². The van der Waals surface area contributed by atoms with Crippen LogP contribution in [-0.4, -0.2) is 54.6 Å². The Morgan fingerprint density at radius 2 is 1.68 bits per heavy atom. The number of Topliss-reactive ketones (excluding diaryl/α,β-unsaturated/α-hetero) is 1. The number of nitro groups is 1. The summed E-state index contributed by atoms with van der Waals surface area (Å²) in [7, 11) is -9.70. The number of nitrogens with zero attached hydrogens (tertiary/aromatic N) is 2. The first-order chi connectivity index (χ1) is 15.6. The predicted octanol–water partition coefficient (Wildman–Crippen LogP) is 0.896. The van der Waals surface area contributed by atoms with E-state index in [9.17, 15) is 45.9 Å². The van der Waals surface area contributed by atoms with Gasteiger partial charge in [-0.2, -0.15) is 21.9 Å². The minimum Gasteiger partial charge on any atom is -0.320 e. The van der Waals surface area contributed by atoms with Crippen LogP contribution in [0.2, 0.25) is 0 Å². The molecule has 1 amide bonds. The number of carbonyl (C=O) groups excluding carboxylic acids is 3. The van der Waals surface area contributed by atoms with Crippen molar-refractivity contribution in [1.82, 2.24) is 0 Å². The fourth-order valence-electron chi connectivity index (χ4n) is 2.42. The van der Waals surface area contributed by atoms with Crippen molar-refractivity contribution < 1.29 is 45.2 Å². The van der Waals surface area contributed by atoms with Crippen LogP contribution in [0.4, 0.5) is 17.1 Å². The zero-order chi connectivity index (χ0) is 25.8. The van der Waals surface area contributed by atoms with Crippen molar-refractivity contribution in [2.45, 2.75) is 16.7 Å². The minimum atomic E-state index is -5.00. The number of non-ortho nitro benzene ring substituents is 1. The largest absolute Gasteiger partial charge is 0.320 e. The van der Waals surface area contributed by atoms with Gasteiger partial charge in [0.1, 0.15) is 4.90 Å². The number of nitrogens with one attached hydrogen (secondary N) is 2. The van der Waals surface area contributed by atoms with Crippen LogP contribution in [0.3, 0.4) is 0 Å². The Hall–Kier alpha value is -4.06. The van der Waals surface area contributed by atoms with E-state index in [-0.39, 0.29) is 11.8 Å². The molecular weight excluding hydrogens is 500 g/mol. The molecule has 4 N–H and O–H groups in total. The lowest BCUT2D eigenvalue weighted by Gasteiger charge is -2.11. The maximum absolute atomic E-state index is 12.5. The fourth-order valence-corrected chi connectivity index (χ4v) is 3.59. The van der Waals surface area contributed by atoms with E-state index in [1.54, 1.807) is 0 Å². The van der Waals surface area contributed by atoms with Crippen molar-refractivity contribution in [1.29, 1.82) is 0 Å². The number of hydrogen-bond donors (Lipinski definition) is 4. The molecule has 0 unspecified atom stereocenters. The summed E-state index contributed by atoms with van der Waals surface area (Å²) in [4.78, 5) is 43.9. The minimum absolute atomic E-state index is 0.222. The summed E-state index contributed by atoms with van der Waals surface area (Å²) in [5, 5.41) is 16.4. The van der Waals surface area contributed by atoms with Crippen LogP contribution in [0.15, 0.2) is 51.3 Å². The van der Waals surface area contributed by atoms with Crippen molar-refractivity contribution in [3.05, 3.63) is 52.1 Å². The van der Waals surface area contributed by atoms with Gasteiger partial charge in [-0.05, 0) is 24.3 Å². The summed E-state index contributed by atoms with van der Waals surface area (Å²) in [6, 6.07) is 4.83. The predicted molar refractivity (Wildman–Crippen MR) is 115 cm³/mol. The zero-order valence-corrected chi connectivity index (χ0v) is 18.5. The molecule has 0 saturated heterocycles. The molecule has 0 aliphatic heterocycles. The molecule has 2 aromatic carbocycles. The molecule has 0 radical (unpaired) electrons. The zero-order valence-electron chi connectivity index (χ0n) is 16.8. The van der Waals surface area contributed by atoms with E-state index in [1.165, 1.54) is 0 Å². The number of hydrazone groups is 1. The average Bonchev–Trinajstić information content (AvgIpc) is 2.72. The Kier molecular flexibility index (Phi) is 7.57. The van der Waals surface area contributed by atoms with E-state index in [2.05, 4.69) is 10.4 Å². The van der Waals surface area contributed by atoms with Crippen molar-refractivity contribution in [3.63, 3.8) is 0 Å². The lowest BCUT2D eigenvalue weighted by Crippen LogP contribution is -2.30. The van der Waals surface area contributed by atoms with Gasteiger partial charge in [-0.15, -0.1) is 0 Å². The van der Waals surface area contributed by atoms with Gasteiger partial charge in [0, 0.05) is 24.6 Å². The lowest BCUT2D eigenvalue weighted by molar-refractivity contribution is -0.385. The number of anilines is 2. The van der Waals surface area contributed by atoms with Gasteiger partial charge in [0.2, 0.25) is 0 Å². The molecule has 0 heterocycles. The highest BCUT2D eigenvalue weighted by Crippen LogP contribution is 2.26. The van der Waals surface area contributed by atoms with E-state index in [4.69, 9.17) is 4.55 Å². The van der Waals surface area contributed by atoms with Crippen LogP contribution < -0.4 is 10.7 Å². The monoisotopic (exact) mass is 514 g/mol. The topological polar surface area (TPSA) is 240 Å². The first kappa shape index (κ1) is 26.2. The smallest absolute Gasteiger partial charge is 0.296 e. The van der Waals surface area contributed by atoms with Gasteiger partial charge < -0.3 is 5.32 Å². The lowest BCUT2D eigenvalue weighted by atomic mass is 10.2. The second kappa shape index (κ2) is 9.83. The van der Waals surface area contributed by atoms with Crippen LogP contribution in [0.1, 0.15) is 17.3 Å². The Morgan fingerprint density at radius 1 is 1.03 bits per heavy atom. The molecule has 0 fully saturated rings. The molecule has 34 heavy (non-hydrogen) atoms. The van der Waals surface area contributed by atoms with E-state index < -0.39 is 69.4 Å². The molecule has 17 heteroatoms. The maximum atomic E-state index is 12.5. The maximum Gasteiger partial charge on any atom is 0.296 e. The van der Waals surface area contributed by atoms with Crippen molar-refractivity contribution >= 4 is 61.0 Å². The number of nitro benzene ring substituents is 1. The molecule has 2 aromatic rings. The highest BCUT2D eigenvalue weighted by atomic mass is 32.2. The third-order valence-electron chi connectivity index (χ3n) is 3.99. The molecule has 0 aliphatic carbocycles. The van der Waals surface area contributed by atoms with E-state index in [0.717, 1.165) is 37.3 Å². The SMILES string of the molecule is CC(=O)C(=NNc1ccc([N+](=O)[O-])cc1S(=O)(=O)O)C(=O)Nc1cc(S(=O)(=O)O)ccc1C=O. The Balaban J connectivity index is 2.46. The molecule has 15 nitrogen and oxygen atoms in total. The highest BCUT2D eigenvalue weighted by Gasteiger charge is 2.23. The average molecular weight is 514 g/mol. The van der Waals surface area contributed by atoms with Crippen LogP contribution in [0.25, 0.3) is 0 Å². The van der Waals surface area contributed by atoms with Crippen molar-refractivity contribution in [2.75, 3.05) is 10.7 Å². The molecular formula is C17H14N4O11S2. The molecule has 180 valence electrons. The number of benzene rings is 2. The second-order valence-electron chi connectivity index (χ2n) is 6.34. The van der Waals surface area contributed by atoms with Gasteiger partial charge in [-0.3, -0.25) is 39.0 Å². The standard InChI is InChI=1S/C17H14N4O11S2/c1-9(23)16(17(24)18-14-7-12(33(27,28)29)4-2-10(14)8-22)20-19-13-5-3-11(21(25)26)6-15(13)34(30,31)32/h2-8,19H,1H3,(H,18,24)(H,27,28,29)(H,30,31,32). The van der Waals surface area contributed by atoms with Crippen LogP contribution in [0, 0.1) is 10.1 Å². The Morgan fingerprint density at radius 3 is 2.18 bits per heavy atom. The first-order valence-electron chi connectivity index (χ1n) is 8.63. The van der Waals surface area contributed by atoms with E-state index >= 15 is 0 Å². The number of carbonyl (C=O) groups is 3. The molecule has 0 saturated carbocycles. The van der Waals surface area contributed by atoms with E-state index in [1.807, 2.05) is 5.43 Å². The third-order valence-corrected chi connectivity index (χ3v) is 5.73. The molecule has 0 bridgehead atoms. The molecule has 0 spiro atoms. The number of rotatable bonds is 9. The number of amides is 1. The van der Waals surface area contributed by atoms with Crippen LogP contribution in [0.5, 0.6) is 0 Å². The van der Waals surface area contributed by atoms with Crippen LogP contribution in [-0.2, 0) is 29.8 Å². The Bertz CT molecular complexity index is 1450. The molecule has 0 aromatic heterocycles. The second-order valence-corrected chi connectivity index (χ2v) is 9.15. The van der Waals surface area contributed by atoms with E-state index in [0.29, 0.717) is 6.07 Å². The van der Waals surface area contributed by atoms with Crippen molar-refractivity contribution in [3.8, 4) is 0 Å². The van der Waals surface area contributed by atoms with Gasteiger partial charge in [-0.1, -0.05) is 0 Å². The highest BCUT2D eigenvalue weighted by molar-refractivity contribution is 7.86. The van der Waals surface area contributed by atoms with Crippen LogP contribution >= 0.6 is 0 Å². The molecule has 2 rings (SSSR count). The summed E-state index contributed by atoms with van der Waals surface area (Å²) in [5.74, 6) is -2.25. The summed E-state index contributed by atoms with van der Waals surface area (Å²) < 4.78 is 64.2. The molecule has 0 atom stereocenters.